The molecule has 9 nitrogen and oxygen atoms in total. The zero-order valence-corrected chi connectivity index (χ0v) is 21.9. The molecule has 5 rings (SSSR count). The summed E-state index contributed by atoms with van der Waals surface area (Å²) in [4.78, 5) is 30.7. The van der Waals surface area contributed by atoms with Crippen molar-refractivity contribution >= 4 is 44.8 Å². The molecule has 2 amide bonds. The van der Waals surface area contributed by atoms with Gasteiger partial charge in [0.05, 0.1) is 22.2 Å². The van der Waals surface area contributed by atoms with Gasteiger partial charge in [0.25, 0.3) is 11.8 Å². The highest BCUT2D eigenvalue weighted by Gasteiger charge is 2.37. The van der Waals surface area contributed by atoms with Gasteiger partial charge in [0.2, 0.25) is 0 Å². The molecular weight excluding hydrogens is 466 g/mol. The second-order valence-corrected chi connectivity index (χ2v) is 10.0. The summed E-state index contributed by atoms with van der Waals surface area (Å²) in [5, 5.41) is 14.0. The van der Waals surface area contributed by atoms with Crippen LogP contribution >= 0.6 is 0 Å². The van der Waals surface area contributed by atoms with Crippen molar-refractivity contribution in [3.8, 4) is 0 Å². The molecule has 2 aromatic heterocycles. The van der Waals surface area contributed by atoms with E-state index in [9.17, 15) is 9.59 Å². The van der Waals surface area contributed by atoms with Crippen molar-refractivity contribution in [1.29, 1.82) is 0 Å². The molecule has 1 N–H and O–H groups in total. The van der Waals surface area contributed by atoms with Crippen molar-refractivity contribution in [2.75, 3.05) is 41.3 Å². The molecule has 4 aromatic rings. The minimum Gasteiger partial charge on any atom is -0.309 e. The third-order valence-corrected chi connectivity index (χ3v) is 6.67. The van der Waals surface area contributed by atoms with Crippen LogP contribution in [-0.4, -0.2) is 82.5 Å². The number of nitrogens with zero attached hydrogens (tertiary/aromatic N) is 6. The van der Waals surface area contributed by atoms with Crippen LogP contribution in [0, 0.1) is 0 Å². The van der Waals surface area contributed by atoms with Gasteiger partial charge in [0.1, 0.15) is 11.4 Å². The lowest BCUT2D eigenvalue weighted by Gasteiger charge is -2.09. The Bertz CT molecular complexity index is 1400. The molecule has 2 aromatic carbocycles. The Labute approximate surface area is 216 Å². The van der Waals surface area contributed by atoms with Gasteiger partial charge >= 0.3 is 0 Å². The molecule has 0 fully saturated rings. The number of aryl methyl sites for hydroxylation is 2. The smallest absolute Gasteiger partial charge is 0.261 e. The van der Waals surface area contributed by atoms with E-state index in [-0.39, 0.29) is 11.1 Å². The number of rotatable bonds is 10. The van der Waals surface area contributed by atoms with Crippen LogP contribution in [0.15, 0.2) is 48.5 Å². The van der Waals surface area contributed by atoms with Gasteiger partial charge in [-0.2, -0.15) is 10.2 Å². The normalized spacial score (nSPS) is 14.2. The topological polar surface area (TPSA) is 88.3 Å². The number of fused-ring (bicyclic) bond motifs is 2. The highest BCUT2D eigenvalue weighted by atomic mass is 16.2. The summed E-state index contributed by atoms with van der Waals surface area (Å²) in [5.41, 5.74) is 3.49. The number of aromatic nitrogens is 4. The lowest BCUT2D eigenvalue weighted by molar-refractivity contribution is -0.122. The van der Waals surface area contributed by atoms with Crippen LogP contribution in [0.4, 0.5) is 0 Å². The van der Waals surface area contributed by atoms with Gasteiger partial charge in [0, 0.05) is 23.9 Å². The van der Waals surface area contributed by atoms with Gasteiger partial charge in [-0.25, -0.2) is 0 Å². The van der Waals surface area contributed by atoms with E-state index in [4.69, 9.17) is 10.2 Å². The van der Waals surface area contributed by atoms with Gasteiger partial charge < -0.3 is 9.80 Å². The van der Waals surface area contributed by atoms with Crippen LogP contribution in [0.1, 0.15) is 24.2 Å². The predicted octanol–water partition coefficient (Wildman–Crippen LogP) is 2.86. The van der Waals surface area contributed by atoms with Crippen LogP contribution in [0.25, 0.3) is 33.0 Å². The molecule has 192 valence electrons. The van der Waals surface area contributed by atoms with Crippen molar-refractivity contribution < 1.29 is 9.59 Å². The van der Waals surface area contributed by atoms with Gasteiger partial charge in [-0.3, -0.25) is 24.3 Å². The van der Waals surface area contributed by atoms with Crippen LogP contribution in [0.5, 0.6) is 0 Å². The second kappa shape index (κ2) is 10.3. The summed E-state index contributed by atoms with van der Waals surface area (Å²) >= 11 is 0. The summed E-state index contributed by atoms with van der Waals surface area (Å²) in [6.07, 6.45) is 1.83. The van der Waals surface area contributed by atoms with E-state index in [1.165, 1.54) is 0 Å². The average Bonchev–Trinajstić information content (AvgIpc) is 3.50. The number of carbonyl (C=O) groups excluding carboxylic acids is 2. The van der Waals surface area contributed by atoms with Crippen LogP contribution in [0.2, 0.25) is 0 Å². The number of nitrogens with one attached hydrogen (secondary N) is 1. The first-order valence-corrected chi connectivity index (χ1v) is 12.7. The fraction of sp³-hybridized carbons (Fsp3) is 0.357. The maximum Gasteiger partial charge on any atom is 0.261 e. The minimum atomic E-state index is -0.435. The molecule has 0 unspecified atom stereocenters. The molecule has 0 saturated heterocycles. The molecule has 0 spiro atoms. The van der Waals surface area contributed by atoms with Crippen LogP contribution in [-0.2, 0) is 22.7 Å². The summed E-state index contributed by atoms with van der Waals surface area (Å²) < 4.78 is 3.87. The van der Waals surface area contributed by atoms with E-state index in [1.807, 2.05) is 86.1 Å². The number of hydrogen-bond acceptors (Lipinski definition) is 6. The molecule has 1 aliphatic rings. The maximum absolute atomic E-state index is 13.2. The molecule has 9 heteroatoms. The van der Waals surface area contributed by atoms with Crippen LogP contribution < -0.4 is 5.32 Å². The first-order chi connectivity index (χ1) is 17.8. The lowest BCUT2D eigenvalue weighted by atomic mass is 9.99. The predicted molar refractivity (Wildman–Crippen MR) is 146 cm³/mol. The monoisotopic (exact) mass is 499 g/mol. The van der Waals surface area contributed by atoms with E-state index in [2.05, 4.69) is 15.1 Å². The quantitative estimate of drug-likeness (QED) is 0.338. The SMILES string of the molecule is CN(C)CCCn1nc(C2=C(c3nn(CCCN(C)C)c4ccccc34)C(=O)NC2=O)c2ccccc21. The number of amides is 2. The number of benzene rings is 2. The van der Waals surface area contributed by atoms with Gasteiger partial charge in [-0.15, -0.1) is 0 Å². The minimum absolute atomic E-state index is 0.288. The highest BCUT2D eigenvalue weighted by molar-refractivity contribution is 6.50. The first-order valence-electron chi connectivity index (χ1n) is 12.7. The molecule has 1 aliphatic heterocycles. The van der Waals surface area contributed by atoms with Crippen molar-refractivity contribution in [2.45, 2.75) is 25.9 Å². The number of para-hydroxylation sites is 2. The van der Waals surface area contributed by atoms with Crippen molar-refractivity contribution in [3.05, 3.63) is 59.9 Å². The average molecular weight is 500 g/mol. The summed E-state index contributed by atoms with van der Waals surface area (Å²) in [6, 6.07) is 15.7. The van der Waals surface area contributed by atoms with Crippen LogP contribution in [0.3, 0.4) is 0 Å². The van der Waals surface area contributed by atoms with Gasteiger partial charge in [-0.05, 0) is 66.3 Å². The second-order valence-electron chi connectivity index (χ2n) is 10.0. The van der Waals surface area contributed by atoms with Crippen molar-refractivity contribution in [3.63, 3.8) is 0 Å². The van der Waals surface area contributed by atoms with E-state index in [0.29, 0.717) is 24.5 Å². The Morgan fingerprint density at radius 3 is 1.49 bits per heavy atom. The molecule has 37 heavy (non-hydrogen) atoms. The Morgan fingerprint density at radius 1 is 0.676 bits per heavy atom. The lowest BCUT2D eigenvalue weighted by Crippen LogP contribution is -2.23. The Hall–Kier alpha value is -3.82. The molecule has 0 saturated carbocycles. The highest BCUT2D eigenvalue weighted by Crippen LogP contribution is 2.36. The Morgan fingerprint density at radius 2 is 1.08 bits per heavy atom. The molecule has 0 atom stereocenters. The zero-order valence-electron chi connectivity index (χ0n) is 21.9. The fourth-order valence-corrected chi connectivity index (χ4v) is 4.95. The van der Waals surface area contributed by atoms with E-state index in [0.717, 1.165) is 47.7 Å². The molecule has 0 bridgehead atoms. The summed E-state index contributed by atoms with van der Waals surface area (Å²) in [5.74, 6) is -0.870. The van der Waals surface area contributed by atoms with E-state index >= 15 is 0 Å². The number of hydrogen-bond donors (Lipinski definition) is 1. The van der Waals surface area contributed by atoms with Crippen molar-refractivity contribution in [2.24, 2.45) is 0 Å². The first kappa shape index (κ1) is 24.9. The van der Waals surface area contributed by atoms with Crippen molar-refractivity contribution in [1.82, 2.24) is 34.7 Å². The number of imide groups is 1. The molecular formula is C28H33N7O2. The standard InChI is InChI=1S/C28H33N7O2/c1-32(2)15-9-17-34-21-13-7-5-11-19(21)25(30-34)23-24(28(37)29-27(23)36)26-20-12-6-8-14-22(20)35(31-26)18-10-16-33(3)4/h5-8,11-14H,9-10,15-18H2,1-4H3,(H,29,36,37). The number of carbonyl (C=O) groups is 2. The Balaban J connectivity index is 1.65. The van der Waals surface area contributed by atoms with Gasteiger partial charge in [0.15, 0.2) is 0 Å². The third-order valence-electron chi connectivity index (χ3n) is 6.67. The largest absolute Gasteiger partial charge is 0.309 e. The van der Waals surface area contributed by atoms with Gasteiger partial charge in [-0.1, -0.05) is 36.4 Å². The van der Waals surface area contributed by atoms with E-state index in [1.54, 1.807) is 0 Å². The fourth-order valence-electron chi connectivity index (χ4n) is 4.95. The maximum atomic E-state index is 13.2. The summed E-state index contributed by atoms with van der Waals surface area (Å²) in [7, 11) is 8.18. The summed E-state index contributed by atoms with van der Waals surface area (Å²) in [6.45, 7) is 3.27. The Kier molecular flexibility index (Phi) is 6.90. The molecule has 0 aliphatic carbocycles. The molecule has 0 radical (unpaired) electrons. The third kappa shape index (κ3) is 4.80. The molecule has 3 heterocycles. The zero-order chi connectivity index (χ0) is 26.1. The van der Waals surface area contributed by atoms with E-state index < -0.39 is 11.8 Å².